The fourth-order valence-corrected chi connectivity index (χ4v) is 3.32. The van der Waals surface area contributed by atoms with Crippen molar-refractivity contribution < 1.29 is 14.3 Å². The normalized spacial score (nSPS) is 11.6. The number of amides is 1. The average molecular weight is 385 g/mol. The highest BCUT2D eigenvalue weighted by Gasteiger charge is 2.18. The van der Waals surface area contributed by atoms with Gasteiger partial charge in [0.25, 0.3) is 5.91 Å². The molecule has 142 valence electrons. The molecule has 0 spiro atoms. The Kier molecular flexibility index (Phi) is 5.32. The van der Waals surface area contributed by atoms with Crippen LogP contribution in [-0.2, 0) is 18.2 Å². The van der Waals surface area contributed by atoms with Crippen LogP contribution in [-0.4, -0.2) is 20.6 Å². The van der Waals surface area contributed by atoms with Gasteiger partial charge < -0.3 is 19.4 Å². The Morgan fingerprint density at radius 2 is 2.07 bits per heavy atom. The monoisotopic (exact) mass is 385 g/mol. The molecule has 2 aromatic heterocycles. The number of phenolic OH excluding ortho intramolecular Hbond substituents is 1. The number of hydrogen-bond acceptors (Lipinski definition) is 5. The van der Waals surface area contributed by atoms with Gasteiger partial charge >= 0.3 is 0 Å². The van der Waals surface area contributed by atoms with Crippen molar-refractivity contribution in [1.29, 1.82) is 0 Å². The van der Waals surface area contributed by atoms with Crippen LogP contribution >= 0.6 is 11.8 Å². The Labute approximate surface area is 162 Å². The van der Waals surface area contributed by atoms with E-state index in [1.807, 2.05) is 23.9 Å². The van der Waals surface area contributed by atoms with E-state index in [0.717, 1.165) is 10.7 Å². The molecule has 1 aromatic carbocycles. The summed E-state index contributed by atoms with van der Waals surface area (Å²) < 4.78 is 7.56. The molecule has 27 heavy (non-hydrogen) atoms. The molecule has 0 unspecified atom stereocenters. The summed E-state index contributed by atoms with van der Waals surface area (Å²) in [6.45, 7) is 6.22. The first-order chi connectivity index (χ1) is 12.7. The van der Waals surface area contributed by atoms with Crippen LogP contribution in [0.15, 0.2) is 52.3 Å². The van der Waals surface area contributed by atoms with E-state index < -0.39 is 5.91 Å². The minimum absolute atomic E-state index is 0.0217. The maximum Gasteiger partial charge on any atom is 0.291 e. The molecule has 0 fully saturated rings. The van der Waals surface area contributed by atoms with Crippen LogP contribution in [0.2, 0.25) is 0 Å². The predicted octanol–water partition coefficient (Wildman–Crippen LogP) is 4.56. The molecule has 0 aliphatic carbocycles. The number of imidazole rings is 1. The molecule has 0 aliphatic heterocycles. The number of rotatable bonds is 5. The van der Waals surface area contributed by atoms with E-state index in [4.69, 9.17) is 4.42 Å². The SMILES string of the molecule is Cn1ccnc1SCc1ccc(C(=O)Nc2cc(C(C)(C)C)ccc2O)o1. The first kappa shape index (κ1) is 19.1. The minimum atomic E-state index is -0.399. The molecule has 0 saturated carbocycles. The first-order valence-corrected chi connectivity index (χ1v) is 9.56. The molecule has 2 heterocycles. The van der Waals surface area contributed by atoms with Gasteiger partial charge in [-0.15, -0.1) is 0 Å². The molecule has 0 bridgehead atoms. The molecule has 3 rings (SSSR count). The standard InChI is InChI=1S/C20H23N3O3S/c1-20(2,3)13-5-7-16(24)15(11-13)22-18(25)17-8-6-14(26-17)12-27-19-21-9-10-23(19)4/h5-11,24H,12H2,1-4H3,(H,22,25). The Morgan fingerprint density at radius 1 is 1.30 bits per heavy atom. The van der Waals surface area contributed by atoms with Crippen molar-refractivity contribution in [2.45, 2.75) is 37.1 Å². The van der Waals surface area contributed by atoms with E-state index in [0.29, 0.717) is 17.2 Å². The van der Waals surface area contributed by atoms with Gasteiger partial charge in [-0.05, 0) is 35.2 Å². The van der Waals surface area contributed by atoms with Crippen LogP contribution in [0.3, 0.4) is 0 Å². The van der Waals surface area contributed by atoms with Gasteiger partial charge in [0.2, 0.25) is 0 Å². The van der Waals surface area contributed by atoms with Gasteiger partial charge in [0.1, 0.15) is 11.5 Å². The Bertz CT molecular complexity index is 954. The minimum Gasteiger partial charge on any atom is -0.506 e. The lowest BCUT2D eigenvalue weighted by Crippen LogP contribution is -2.14. The summed E-state index contributed by atoms with van der Waals surface area (Å²) in [5, 5.41) is 13.7. The number of benzene rings is 1. The van der Waals surface area contributed by atoms with Gasteiger partial charge in [0.05, 0.1) is 11.4 Å². The Balaban J connectivity index is 1.68. The number of carbonyl (C=O) groups is 1. The number of nitrogens with zero attached hydrogens (tertiary/aromatic N) is 2. The number of hydrogen-bond donors (Lipinski definition) is 2. The highest BCUT2D eigenvalue weighted by atomic mass is 32.2. The van der Waals surface area contributed by atoms with E-state index >= 15 is 0 Å². The maximum atomic E-state index is 12.5. The highest BCUT2D eigenvalue weighted by molar-refractivity contribution is 7.98. The summed E-state index contributed by atoms with van der Waals surface area (Å²) in [7, 11) is 1.93. The number of furan rings is 1. The van der Waals surface area contributed by atoms with Crippen LogP contribution in [0.5, 0.6) is 5.75 Å². The summed E-state index contributed by atoms with van der Waals surface area (Å²) in [6.07, 6.45) is 3.61. The second-order valence-corrected chi connectivity index (χ2v) is 8.25. The highest BCUT2D eigenvalue weighted by Crippen LogP contribution is 2.31. The van der Waals surface area contributed by atoms with Crippen molar-refractivity contribution in [3.05, 3.63) is 59.8 Å². The van der Waals surface area contributed by atoms with Crippen molar-refractivity contribution >= 4 is 23.4 Å². The van der Waals surface area contributed by atoms with E-state index in [1.54, 1.807) is 30.5 Å². The molecule has 1 amide bonds. The Hall–Kier alpha value is -2.67. The molecule has 0 atom stereocenters. The van der Waals surface area contributed by atoms with Crippen LogP contribution in [0, 0.1) is 0 Å². The summed E-state index contributed by atoms with van der Waals surface area (Å²) in [4.78, 5) is 16.7. The lowest BCUT2D eigenvalue weighted by atomic mass is 9.87. The molecule has 6 nitrogen and oxygen atoms in total. The van der Waals surface area contributed by atoms with Crippen molar-refractivity contribution in [3.63, 3.8) is 0 Å². The first-order valence-electron chi connectivity index (χ1n) is 8.58. The molecule has 0 aliphatic rings. The second-order valence-electron chi connectivity index (χ2n) is 7.31. The third-order valence-corrected chi connectivity index (χ3v) is 5.20. The molecule has 2 N–H and O–H groups in total. The van der Waals surface area contributed by atoms with Gasteiger partial charge in [0, 0.05) is 19.4 Å². The smallest absolute Gasteiger partial charge is 0.291 e. The lowest BCUT2D eigenvalue weighted by Gasteiger charge is -2.20. The van der Waals surface area contributed by atoms with Crippen molar-refractivity contribution in [1.82, 2.24) is 9.55 Å². The quantitative estimate of drug-likeness (QED) is 0.497. The fourth-order valence-electron chi connectivity index (χ4n) is 2.49. The van der Waals surface area contributed by atoms with E-state index in [1.165, 1.54) is 11.8 Å². The summed E-state index contributed by atoms with van der Waals surface area (Å²) in [5.74, 6) is 1.08. The number of aromatic hydroxyl groups is 1. The molecular formula is C20H23N3O3S. The van der Waals surface area contributed by atoms with Crippen molar-refractivity contribution in [2.24, 2.45) is 7.05 Å². The molecule has 0 saturated heterocycles. The summed E-state index contributed by atoms with van der Waals surface area (Å²) in [6, 6.07) is 8.64. The van der Waals surface area contributed by atoms with Gasteiger partial charge in [0.15, 0.2) is 10.9 Å². The number of aromatic nitrogens is 2. The fraction of sp³-hybridized carbons (Fsp3) is 0.300. The molecule has 3 aromatic rings. The Morgan fingerprint density at radius 3 is 2.74 bits per heavy atom. The zero-order valence-electron chi connectivity index (χ0n) is 15.8. The van der Waals surface area contributed by atoms with Crippen LogP contribution in [0.1, 0.15) is 42.6 Å². The molecule has 7 heteroatoms. The zero-order valence-corrected chi connectivity index (χ0v) is 16.6. The molecular weight excluding hydrogens is 362 g/mol. The van der Waals surface area contributed by atoms with Gasteiger partial charge in [-0.3, -0.25) is 4.79 Å². The maximum absolute atomic E-state index is 12.5. The number of anilines is 1. The number of thioether (sulfide) groups is 1. The average Bonchev–Trinajstić information content (AvgIpc) is 3.23. The van der Waals surface area contributed by atoms with E-state index in [9.17, 15) is 9.90 Å². The van der Waals surface area contributed by atoms with E-state index in [2.05, 4.69) is 31.1 Å². The lowest BCUT2D eigenvalue weighted by molar-refractivity contribution is 0.0995. The molecule has 0 radical (unpaired) electrons. The second kappa shape index (κ2) is 7.52. The third kappa shape index (κ3) is 4.54. The van der Waals surface area contributed by atoms with Gasteiger partial charge in [-0.25, -0.2) is 4.98 Å². The number of nitrogens with one attached hydrogen (secondary N) is 1. The zero-order chi connectivity index (χ0) is 19.6. The topological polar surface area (TPSA) is 80.3 Å². The van der Waals surface area contributed by atoms with Gasteiger partial charge in [-0.1, -0.05) is 38.6 Å². The van der Waals surface area contributed by atoms with Crippen LogP contribution in [0.4, 0.5) is 5.69 Å². The number of aryl methyl sites for hydroxylation is 1. The predicted molar refractivity (Wildman–Crippen MR) is 106 cm³/mol. The van der Waals surface area contributed by atoms with Crippen LogP contribution < -0.4 is 5.32 Å². The van der Waals surface area contributed by atoms with Gasteiger partial charge in [-0.2, -0.15) is 0 Å². The van der Waals surface area contributed by atoms with Crippen molar-refractivity contribution in [2.75, 3.05) is 5.32 Å². The largest absolute Gasteiger partial charge is 0.506 e. The summed E-state index contributed by atoms with van der Waals surface area (Å²) >= 11 is 1.53. The third-order valence-electron chi connectivity index (χ3n) is 4.12. The summed E-state index contributed by atoms with van der Waals surface area (Å²) in [5.41, 5.74) is 1.29. The number of phenols is 1. The van der Waals surface area contributed by atoms with E-state index in [-0.39, 0.29) is 16.9 Å². The van der Waals surface area contributed by atoms with Crippen molar-refractivity contribution in [3.8, 4) is 5.75 Å². The number of carbonyl (C=O) groups excluding carboxylic acids is 1. The van der Waals surface area contributed by atoms with Crippen LogP contribution in [0.25, 0.3) is 0 Å².